The number of hydrogen-bond donors (Lipinski definition) is 1. The Hall–Kier alpha value is -4.32. The zero-order chi connectivity index (χ0) is 25.2. The van der Waals surface area contributed by atoms with Crippen LogP contribution in [0.1, 0.15) is 34.7 Å². The molecule has 0 fully saturated rings. The molecule has 1 N–H and O–H groups in total. The molecule has 0 spiro atoms. The topological polar surface area (TPSA) is 62.3 Å². The van der Waals surface area contributed by atoms with E-state index in [1.54, 1.807) is 29.4 Å². The molecule has 0 aliphatic heterocycles. The van der Waals surface area contributed by atoms with Crippen LogP contribution in [-0.2, 0) is 29.1 Å². The van der Waals surface area contributed by atoms with Crippen molar-refractivity contribution in [2.24, 2.45) is 0 Å². The van der Waals surface area contributed by atoms with Gasteiger partial charge < -0.3 is 10.2 Å². The number of halogens is 1. The Balaban J connectivity index is 1.62. The maximum absolute atomic E-state index is 13.6. The molecule has 6 heteroatoms. The minimum atomic E-state index is -0.851. The Labute approximate surface area is 210 Å². The number of carbonyl (C=O) groups is 2. The second kappa shape index (κ2) is 12.4. The molecular weight excluding hydrogens is 453 g/mol. The van der Waals surface area contributed by atoms with Crippen LogP contribution in [0.2, 0.25) is 0 Å². The molecule has 36 heavy (non-hydrogen) atoms. The van der Waals surface area contributed by atoms with Gasteiger partial charge in [0.15, 0.2) is 0 Å². The summed E-state index contributed by atoms with van der Waals surface area (Å²) < 4.78 is 13.6. The van der Waals surface area contributed by atoms with Crippen molar-refractivity contribution in [1.29, 1.82) is 0 Å². The van der Waals surface area contributed by atoms with E-state index in [0.29, 0.717) is 18.5 Å². The number of hydrogen-bond acceptors (Lipinski definition) is 3. The summed E-state index contributed by atoms with van der Waals surface area (Å²) in [6.45, 7) is 0.465. The lowest BCUT2D eigenvalue weighted by Crippen LogP contribution is -2.43. The normalized spacial score (nSPS) is 11.5. The quantitative estimate of drug-likeness (QED) is 0.337. The van der Waals surface area contributed by atoms with Crippen molar-refractivity contribution in [1.82, 2.24) is 15.2 Å². The van der Waals surface area contributed by atoms with Crippen LogP contribution in [0, 0.1) is 5.82 Å². The first-order valence-corrected chi connectivity index (χ1v) is 11.9. The molecule has 0 bridgehead atoms. The standard InChI is InChI=1S/C30H28FN3O2/c31-27-16-13-24(14-17-27)22-34(28(35)18-15-23-8-3-1-4-9-23)29(26-11-5-2-6-12-26)30(36)33-21-25-10-7-19-32-20-25/h1-14,16-17,19-20,29H,15,18,21-22H2,(H,33,36)/t29-/m1/s1. The lowest BCUT2D eigenvalue weighted by atomic mass is 10.0. The minimum Gasteiger partial charge on any atom is -0.350 e. The van der Waals surface area contributed by atoms with E-state index in [4.69, 9.17) is 0 Å². The summed E-state index contributed by atoms with van der Waals surface area (Å²) in [7, 11) is 0. The fourth-order valence-corrected chi connectivity index (χ4v) is 4.05. The van der Waals surface area contributed by atoms with Gasteiger partial charge >= 0.3 is 0 Å². The van der Waals surface area contributed by atoms with Crippen molar-refractivity contribution in [3.63, 3.8) is 0 Å². The SMILES string of the molecule is O=C(NCc1cccnc1)[C@@H](c1ccccc1)N(Cc1ccc(F)cc1)C(=O)CCc1ccccc1. The Bertz CT molecular complexity index is 1250. The Morgan fingerprint density at radius 2 is 1.47 bits per heavy atom. The van der Waals surface area contributed by atoms with Crippen molar-refractivity contribution in [3.05, 3.63) is 138 Å². The van der Waals surface area contributed by atoms with Crippen LogP contribution in [0.5, 0.6) is 0 Å². The predicted octanol–water partition coefficient (Wildman–Crippen LogP) is 5.24. The number of nitrogens with one attached hydrogen (secondary N) is 1. The molecule has 1 heterocycles. The number of nitrogens with zero attached hydrogens (tertiary/aromatic N) is 2. The zero-order valence-electron chi connectivity index (χ0n) is 19.9. The highest BCUT2D eigenvalue weighted by Crippen LogP contribution is 2.25. The average Bonchev–Trinajstić information content (AvgIpc) is 2.93. The van der Waals surface area contributed by atoms with E-state index in [0.717, 1.165) is 16.7 Å². The summed E-state index contributed by atoms with van der Waals surface area (Å²) >= 11 is 0. The highest BCUT2D eigenvalue weighted by atomic mass is 19.1. The van der Waals surface area contributed by atoms with Crippen LogP contribution in [0.4, 0.5) is 4.39 Å². The fourth-order valence-electron chi connectivity index (χ4n) is 4.05. The van der Waals surface area contributed by atoms with Gasteiger partial charge in [0.1, 0.15) is 11.9 Å². The second-order valence-corrected chi connectivity index (χ2v) is 8.53. The molecule has 1 aromatic heterocycles. The molecule has 0 aliphatic rings. The fraction of sp³-hybridized carbons (Fsp3) is 0.167. The first-order valence-electron chi connectivity index (χ1n) is 11.9. The highest BCUT2D eigenvalue weighted by Gasteiger charge is 2.31. The molecule has 4 aromatic rings. The van der Waals surface area contributed by atoms with Crippen LogP contribution in [0.25, 0.3) is 0 Å². The number of aromatic nitrogens is 1. The molecule has 0 saturated heterocycles. The Morgan fingerprint density at radius 1 is 0.806 bits per heavy atom. The van der Waals surface area contributed by atoms with E-state index >= 15 is 0 Å². The summed E-state index contributed by atoms with van der Waals surface area (Å²) in [6.07, 6.45) is 4.16. The monoisotopic (exact) mass is 481 g/mol. The van der Waals surface area contributed by atoms with E-state index in [2.05, 4.69) is 10.3 Å². The first kappa shape index (κ1) is 24.8. The van der Waals surface area contributed by atoms with Crippen LogP contribution in [0.15, 0.2) is 109 Å². The van der Waals surface area contributed by atoms with Crippen molar-refractivity contribution in [2.45, 2.75) is 32.0 Å². The van der Waals surface area contributed by atoms with Crippen LogP contribution < -0.4 is 5.32 Å². The number of aryl methyl sites for hydroxylation is 1. The molecule has 0 unspecified atom stereocenters. The molecule has 2 amide bonds. The summed E-state index contributed by atoms with van der Waals surface area (Å²) in [5.74, 6) is -0.802. The second-order valence-electron chi connectivity index (χ2n) is 8.53. The van der Waals surface area contributed by atoms with Crippen molar-refractivity contribution in [2.75, 3.05) is 0 Å². The molecule has 4 rings (SSSR count). The van der Waals surface area contributed by atoms with E-state index < -0.39 is 6.04 Å². The van der Waals surface area contributed by atoms with Gasteiger partial charge in [0.2, 0.25) is 11.8 Å². The van der Waals surface area contributed by atoms with E-state index in [1.165, 1.54) is 12.1 Å². The van der Waals surface area contributed by atoms with Gasteiger partial charge in [-0.1, -0.05) is 78.9 Å². The van der Waals surface area contributed by atoms with Gasteiger partial charge in [-0.15, -0.1) is 0 Å². The van der Waals surface area contributed by atoms with Gasteiger partial charge in [-0.3, -0.25) is 14.6 Å². The van der Waals surface area contributed by atoms with Crippen LogP contribution in [0.3, 0.4) is 0 Å². The van der Waals surface area contributed by atoms with Gasteiger partial charge in [0.25, 0.3) is 0 Å². The third-order valence-corrected chi connectivity index (χ3v) is 5.92. The molecule has 3 aromatic carbocycles. The van der Waals surface area contributed by atoms with Crippen molar-refractivity contribution >= 4 is 11.8 Å². The molecule has 182 valence electrons. The van der Waals surface area contributed by atoms with Crippen LogP contribution in [-0.4, -0.2) is 21.7 Å². The number of amides is 2. The smallest absolute Gasteiger partial charge is 0.247 e. The van der Waals surface area contributed by atoms with Gasteiger partial charge in [0.05, 0.1) is 0 Å². The zero-order valence-corrected chi connectivity index (χ0v) is 19.9. The third kappa shape index (κ3) is 6.85. The Morgan fingerprint density at radius 3 is 2.14 bits per heavy atom. The maximum atomic E-state index is 13.6. The van der Waals surface area contributed by atoms with Gasteiger partial charge in [-0.05, 0) is 46.9 Å². The number of benzene rings is 3. The van der Waals surface area contributed by atoms with Gasteiger partial charge in [0, 0.05) is 31.9 Å². The van der Waals surface area contributed by atoms with Crippen LogP contribution >= 0.6 is 0 Å². The molecular formula is C30H28FN3O2. The number of rotatable bonds is 10. The average molecular weight is 482 g/mol. The van der Waals surface area contributed by atoms with Gasteiger partial charge in [-0.25, -0.2) is 4.39 Å². The van der Waals surface area contributed by atoms with E-state index in [-0.39, 0.29) is 30.6 Å². The van der Waals surface area contributed by atoms with E-state index in [9.17, 15) is 14.0 Å². The molecule has 5 nitrogen and oxygen atoms in total. The summed E-state index contributed by atoms with van der Waals surface area (Å²) in [4.78, 5) is 32.9. The highest BCUT2D eigenvalue weighted by molar-refractivity contribution is 5.88. The molecule has 0 aliphatic carbocycles. The number of pyridine rings is 1. The van der Waals surface area contributed by atoms with Crippen molar-refractivity contribution in [3.8, 4) is 0 Å². The lowest BCUT2D eigenvalue weighted by Gasteiger charge is -2.32. The van der Waals surface area contributed by atoms with Gasteiger partial charge in [-0.2, -0.15) is 0 Å². The molecule has 1 atom stereocenters. The minimum absolute atomic E-state index is 0.159. The summed E-state index contributed by atoms with van der Waals surface area (Å²) in [5.41, 5.74) is 3.35. The number of carbonyl (C=O) groups excluding carboxylic acids is 2. The summed E-state index contributed by atoms with van der Waals surface area (Å²) in [5, 5.41) is 2.97. The molecule has 0 radical (unpaired) electrons. The lowest BCUT2D eigenvalue weighted by molar-refractivity contribution is -0.141. The first-order chi connectivity index (χ1) is 17.6. The third-order valence-electron chi connectivity index (χ3n) is 5.92. The maximum Gasteiger partial charge on any atom is 0.247 e. The molecule has 0 saturated carbocycles. The predicted molar refractivity (Wildman–Crippen MR) is 137 cm³/mol. The summed E-state index contributed by atoms with van der Waals surface area (Å²) in [6, 6.07) is 27.9. The van der Waals surface area contributed by atoms with Crippen molar-refractivity contribution < 1.29 is 14.0 Å². The largest absolute Gasteiger partial charge is 0.350 e. The Kier molecular flexibility index (Phi) is 8.54. The van der Waals surface area contributed by atoms with E-state index in [1.807, 2.05) is 72.8 Å².